The lowest BCUT2D eigenvalue weighted by molar-refractivity contribution is -0.274. The summed E-state index contributed by atoms with van der Waals surface area (Å²) in [5.41, 5.74) is 0.459. The number of benzene rings is 2. The smallest absolute Gasteiger partial charge is 0.483 e. The summed E-state index contributed by atoms with van der Waals surface area (Å²) < 4.78 is 46.2. The Morgan fingerprint density at radius 2 is 1.68 bits per heavy atom. The molecule has 0 heterocycles. The minimum atomic E-state index is -4.82. The van der Waals surface area contributed by atoms with Crippen LogP contribution in [0.2, 0.25) is 0 Å². The van der Waals surface area contributed by atoms with Crippen molar-refractivity contribution in [2.75, 3.05) is 6.61 Å². The summed E-state index contributed by atoms with van der Waals surface area (Å²) >= 11 is 0. The third-order valence-electron chi connectivity index (χ3n) is 3.08. The molecule has 0 aromatic heterocycles. The number of halogens is 3. The van der Waals surface area contributed by atoms with Crippen molar-refractivity contribution >= 4 is 12.2 Å². The summed E-state index contributed by atoms with van der Waals surface area (Å²) in [6, 6.07) is 11.8. The summed E-state index contributed by atoms with van der Waals surface area (Å²) in [4.78, 5) is 22.6. The molecule has 0 atom stereocenters. The summed E-state index contributed by atoms with van der Waals surface area (Å²) in [5.74, 6) is -0.696. The lowest BCUT2D eigenvalue weighted by Gasteiger charge is -2.14. The molecular weight excluding hydrogens is 339 g/mol. The van der Waals surface area contributed by atoms with Gasteiger partial charge in [-0.25, -0.2) is 0 Å². The van der Waals surface area contributed by atoms with Crippen molar-refractivity contribution in [3.8, 4) is 11.5 Å². The molecule has 0 fully saturated rings. The average molecular weight is 353 g/mol. The van der Waals surface area contributed by atoms with Crippen LogP contribution in [0.15, 0.2) is 48.5 Å². The van der Waals surface area contributed by atoms with Crippen LogP contribution in [0, 0.1) is 0 Å². The molecule has 2 aromatic carbocycles. The maximum atomic E-state index is 12.3. The van der Waals surface area contributed by atoms with Gasteiger partial charge in [-0.2, -0.15) is 0 Å². The van der Waals surface area contributed by atoms with Crippen molar-refractivity contribution in [3.05, 3.63) is 59.7 Å². The molecule has 0 aliphatic heterocycles. The SMILES string of the molecule is O=Cc1ccccc1OCC(=O)NCc1ccccc1OC(F)(F)F. The number of rotatable bonds is 7. The van der Waals surface area contributed by atoms with Gasteiger partial charge in [0.15, 0.2) is 12.9 Å². The highest BCUT2D eigenvalue weighted by Gasteiger charge is 2.31. The van der Waals surface area contributed by atoms with E-state index in [4.69, 9.17) is 4.74 Å². The van der Waals surface area contributed by atoms with Gasteiger partial charge in [-0.3, -0.25) is 9.59 Å². The zero-order valence-corrected chi connectivity index (χ0v) is 12.9. The Labute approximate surface area is 141 Å². The number of carbonyl (C=O) groups excluding carboxylic acids is 2. The number of ether oxygens (including phenoxy) is 2. The maximum Gasteiger partial charge on any atom is 0.573 e. The van der Waals surface area contributed by atoms with Crippen molar-refractivity contribution in [1.82, 2.24) is 5.32 Å². The first-order valence-electron chi connectivity index (χ1n) is 7.16. The highest BCUT2D eigenvalue weighted by atomic mass is 19.4. The zero-order chi connectivity index (χ0) is 18.3. The minimum Gasteiger partial charge on any atom is -0.483 e. The molecule has 0 radical (unpaired) electrons. The van der Waals surface area contributed by atoms with Gasteiger partial charge in [0, 0.05) is 12.1 Å². The van der Waals surface area contributed by atoms with Crippen LogP contribution >= 0.6 is 0 Å². The van der Waals surface area contributed by atoms with E-state index in [9.17, 15) is 22.8 Å². The number of aldehydes is 1. The van der Waals surface area contributed by atoms with Gasteiger partial charge in [0.05, 0.1) is 5.56 Å². The van der Waals surface area contributed by atoms with Gasteiger partial charge < -0.3 is 14.8 Å². The molecule has 132 valence electrons. The second kappa shape index (κ2) is 8.18. The fourth-order valence-corrected chi connectivity index (χ4v) is 1.97. The van der Waals surface area contributed by atoms with E-state index in [1.807, 2.05) is 0 Å². The zero-order valence-electron chi connectivity index (χ0n) is 12.9. The Kier molecular flexibility index (Phi) is 5.99. The molecule has 0 unspecified atom stereocenters. The Balaban J connectivity index is 1.91. The highest BCUT2D eigenvalue weighted by Crippen LogP contribution is 2.26. The van der Waals surface area contributed by atoms with Gasteiger partial charge in [0.2, 0.25) is 0 Å². The largest absolute Gasteiger partial charge is 0.573 e. The fourth-order valence-electron chi connectivity index (χ4n) is 1.97. The van der Waals surface area contributed by atoms with Crippen molar-refractivity contribution in [2.24, 2.45) is 0 Å². The number of carbonyl (C=O) groups is 2. The predicted octanol–water partition coefficient (Wildman–Crippen LogP) is 3.09. The molecule has 2 rings (SSSR count). The molecular formula is C17H14F3NO4. The Morgan fingerprint density at radius 1 is 1.04 bits per heavy atom. The van der Waals surface area contributed by atoms with Crippen LogP contribution in [0.1, 0.15) is 15.9 Å². The first-order valence-corrected chi connectivity index (χ1v) is 7.16. The van der Waals surface area contributed by atoms with E-state index in [-0.39, 0.29) is 30.2 Å². The van der Waals surface area contributed by atoms with E-state index in [1.54, 1.807) is 12.1 Å². The molecule has 1 N–H and O–H groups in total. The lowest BCUT2D eigenvalue weighted by Crippen LogP contribution is -2.29. The molecule has 0 saturated heterocycles. The Morgan fingerprint density at radius 3 is 2.36 bits per heavy atom. The molecule has 2 aromatic rings. The summed E-state index contributed by atoms with van der Waals surface area (Å²) in [7, 11) is 0. The van der Waals surface area contributed by atoms with Gasteiger partial charge in [-0.05, 0) is 18.2 Å². The van der Waals surface area contributed by atoms with E-state index < -0.39 is 12.3 Å². The van der Waals surface area contributed by atoms with Crippen molar-refractivity contribution in [2.45, 2.75) is 12.9 Å². The van der Waals surface area contributed by atoms with Gasteiger partial charge >= 0.3 is 6.36 Å². The van der Waals surface area contributed by atoms with Gasteiger partial charge in [-0.1, -0.05) is 30.3 Å². The first-order chi connectivity index (χ1) is 11.9. The molecule has 5 nitrogen and oxygen atoms in total. The lowest BCUT2D eigenvalue weighted by atomic mass is 10.2. The Bertz CT molecular complexity index is 747. The molecule has 1 amide bonds. The van der Waals surface area contributed by atoms with Crippen LogP contribution in [-0.2, 0) is 11.3 Å². The summed E-state index contributed by atoms with van der Waals surface area (Å²) in [5, 5.41) is 2.43. The van der Waals surface area contributed by atoms with Crippen molar-refractivity contribution in [3.63, 3.8) is 0 Å². The van der Waals surface area contributed by atoms with Crippen molar-refractivity contribution in [1.29, 1.82) is 0 Å². The third-order valence-corrected chi connectivity index (χ3v) is 3.08. The quantitative estimate of drug-likeness (QED) is 0.777. The fraction of sp³-hybridized carbons (Fsp3) is 0.176. The second-order valence-electron chi connectivity index (χ2n) is 4.88. The van der Waals surface area contributed by atoms with E-state index >= 15 is 0 Å². The normalized spacial score (nSPS) is 10.8. The molecule has 0 spiro atoms. The molecule has 8 heteroatoms. The molecule has 0 saturated carbocycles. The van der Waals surface area contributed by atoms with Crippen molar-refractivity contribution < 1.29 is 32.2 Å². The third kappa shape index (κ3) is 5.83. The number of hydrogen-bond donors (Lipinski definition) is 1. The van der Waals surface area contributed by atoms with Crippen LogP contribution in [0.5, 0.6) is 11.5 Å². The molecule has 0 bridgehead atoms. The monoisotopic (exact) mass is 353 g/mol. The summed E-state index contributed by atoms with van der Waals surface area (Å²) in [6.07, 6.45) is -4.22. The number of alkyl halides is 3. The molecule has 0 aliphatic rings. The first kappa shape index (κ1) is 18.3. The number of para-hydroxylation sites is 2. The summed E-state index contributed by atoms with van der Waals surface area (Å²) in [6.45, 7) is -0.545. The van der Waals surface area contributed by atoms with Crippen LogP contribution < -0.4 is 14.8 Å². The van der Waals surface area contributed by atoms with Crippen LogP contribution in [0.3, 0.4) is 0 Å². The van der Waals surface area contributed by atoms with E-state index in [0.29, 0.717) is 11.8 Å². The number of hydrogen-bond acceptors (Lipinski definition) is 4. The topological polar surface area (TPSA) is 64.6 Å². The maximum absolute atomic E-state index is 12.3. The van der Waals surface area contributed by atoms with Crippen LogP contribution in [0.4, 0.5) is 13.2 Å². The second-order valence-corrected chi connectivity index (χ2v) is 4.88. The van der Waals surface area contributed by atoms with E-state index in [2.05, 4.69) is 10.1 Å². The number of nitrogens with one attached hydrogen (secondary N) is 1. The predicted molar refractivity (Wildman–Crippen MR) is 82.3 cm³/mol. The minimum absolute atomic E-state index is 0.163. The Hall–Kier alpha value is -3.03. The molecule has 0 aliphatic carbocycles. The highest BCUT2D eigenvalue weighted by molar-refractivity contribution is 5.80. The van der Waals surface area contributed by atoms with Crippen LogP contribution in [0.25, 0.3) is 0 Å². The average Bonchev–Trinajstić information content (AvgIpc) is 2.58. The number of amides is 1. The van der Waals surface area contributed by atoms with Gasteiger partial charge in [0.25, 0.3) is 5.91 Å². The van der Waals surface area contributed by atoms with E-state index in [1.165, 1.54) is 30.3 Å². The standard InChI is InChI=1S/C17H14F3NO4/c18-17(19,20)25-15-8-4-1-5-12(15)9-21-16(23)11-24-14-7-3-2-6-13(14)10-22/h1-8,10H,9,11H2,(H,21,23). The van der Waals surface area contributed by atoms with Crippen LogP contribution in [-0.4, -0.2) is 25.2 Å². The van der Waals surface area contributed by atoms with Gasteiger partial charge in [-0.15, -0.1) is 13.2 Å². The molecule has 25 heavy (non-hydrogen) atoms. The van der Waals surface area contributed by atoms with E-state index in [0.717, 1.165) is 6.07 Å². The van der Waals surface area contributed by atoms with Gasteiger partial charge in [0.1, 0.15) is 11.5 Å².